The molecule has 2 aliphatic heterocycles. The van der Waals surface area contributed by atoms with Gasteiger partial charge in [0.2, 0.25) is 11.8 Å². The number of hydrogen-bond donors (Lipinski definition) is 4. The number of nitrogens with one attached hydrogen (secondary N) is 4. The molecule has 2 aliphatic rings. The van der Waals surface area contributed by atoms with Crippen molar-refractivity contribution in [2.45, 2.75) is 0 Å². The Balaban J connectivity index is 1.09. The van der Waals surface area contributed by atoms with Gasteiger partial charge in [0.1, 0.15) is 11.7 Å². The molecule has 2 heterocycles. The van der Waals surface area contributed by atoms with Gasteiger partial charge >= 0.3 is 0 Å². The minimum absolute atomic E-state index is 0.213. The van der Waals surface area contributed by atoms with E-state index in [1.165, 1.54) is 12.2 Å². The standard InChI is InChI=1S/C30H28N6O2/c37-27(35-25-11-7-23(8-12-25)29-31-17-18-32-29)15-5-21-1-2-22(4-3-21)6-16-28(38)36-26-13-9-24(10-14-26)30-33-19-20-34-30/h1-16H,17-20H2,(H,31,32)(H,33,34)(H,35,37)(H,36,38)/b15-5+,16-6?. The number of aliphatic imine (C=N–C) groups is 2. The van der Waals surface area contributed by atoms with E-state index in [-0.39, 0.29) is 11.8 Å². The number of amidine groups is 2. The maximum Gasteiger partial charge on any atom is 0.248 e. The van der Waals surface area contributed by atoms with Gasteiger partial charge in [0.15, 0.2) is 0 Å². The van der Waals surface area contributed by atoms with E-state index in [4.69, 9.17) is 0 Å². The molecule has 190 valence electrons. The second-order valence-electron chi connectivity index (χ2n) is 8.78. The lowest BCUT2D eigenvalue weighted by Gasteiger charge is -2.05. The molecule has 0 saturated heterocycles. The fourth-order valence-electron chi connectivity index (χ4n) is 4.04. The summed E-state index contributed by atoms with van der Waals surface area (Å²) in [6.07, 6.45) is 6.49. The minimum Gasteiger partial charge on any atom is -0.368 e. The Morgan fingerprint density at radius 3 is 1.34 bits per heavy atom. The number of carbonyl (C=O) groups is 2. The molecule has 0 radical (unpaired) electrons. The Hall–Kier alpha value is -4.98. The van der Waals surface area contributed by atoms with Crippen molar-refractivity contribution in [2.75, 3.05) is 36.8 Å². The molecule has 38 heavy (non-hydrogen) atoms. The van der Waals surface area contributed by atoms with Gasteiger partial charge in [-0.15, -0.1) is 0 Å². The molecule has 5 rings (SSSR count). The van der Waals surface area contributed by atoms with Gasteiger partial charge in [-0.25, -0.2) is 0 Å². The number of amides is 2. The van der Waals surface area contributed by atoms with Gasteiger partial charge < -0.3 is 21.3 Å². The second-order valence-corrected chi connectivity index (χ2v) is 8.78. The summed E-state index contributed by atoms with van der Waals surface area (Å²) in [5.41, 5.74) is 5.20. The van der Waals surface area contributed by atoms with Gasteiger partial charge in [-0.05, 0) is 71.8 Å². The van der Waals surface area contributed by atoms with Crippen molar-refractivity contribution in [3.8, 4) is 0 Å². The van der Waals surface area contributed by atoms with Crippen molar-refractivity contribution in [1.82, 2.24) is 10.6 Å². The van der Waals surface area contributed by atoms with E-state index < -0.39 is 0 Å². The van der Waals surface area contributed by atoms with Crippen molar-refractivity contribution in [3.63, 3.8) is 0 Å². The van der Waals surface area contributed by atoms with E-state index in [1.54, 1.807) is 12.2 Å². The highest BCUT2D eigenvalue weighted by Gasteiger charge is 2.09. The highest BCUT2D eigenvalue weighted by atomic mass is 16.2. The molecule has 0 spiro atoms. The molecule has 0 atom stereocenters. The zero-order valence-electron chi connectivity index (χ0n) is 20.8. The van der Waals surface area contributed by atoms with Crippen molar-refractivity contribution >= 4 is 47.0 Å². The zero-order valence-corrected chi connectivity index (χ0v) is 20.8. The van der Waals surface area contributed by atoms with E-state index in [2.05, 4.69) is 31.3 Å². The number of nitrogens with zero attached hydrogens (tertiary/aromatic N) is 2. The number of benzene rings is 3. The molecule has 0 unspecified atom stereocenters. The summed E-state index contributed by atoms with van der Waals surface area (Å²) in [5.74, 6) is 1.35. The first-order chi connectivity index (χ1) is 18.6. The van der Waals surface area contributed by atoms with Crippen LogP contribution < -0.4 is 21.3 Å². The van der Waals surface area contributed by atoms with E-state index in [0.717, 1.165) is 71.5 Å². The van der Waals surface area contributed by atoms with Gasteiger partial charge in [0, 0.05) is 47.7 Å². The monoisotopic (exact) mass is 504 g/mol. The van der Waals surface area contributed by atoms with E-state index in [0.29, 0.717) is 0 Å². The second kappa shape index (κ2) is 11.8. The van der Waals surface area contributed by atoms with Crippen molar-refractivity contribution in [2.24, 2.45) is 9.98 Å². The van der Waals surface area contributed by atoms with Crippen LogP contribution in [0.4, 0.5) is 11.4 Å². The molecule has 4 N–H and O–H groups in total. The van der Waals surface area contributed by atoms with Crippen LogP contribution >= 0.6 is 0 Å². The number of rotatable bonds is 8. The van der Waals surface area contributed by atoms with Gasteiger partial charge in [0.05, 0.1) is 13.1 Å². The highest BCUT2D eigenvalue weighted by molar-refractivity contribution is 6.04. The molecule has 3 aromatic carbocycles. The Bertz CT molecular complexity index is 1310. The third kappa shape index (κ3) is 6.61. The van der Waals surface area contributed by atoms with Crippen LogP contribution in [-0.4, -0.2) is 49.7 Å². The number of hydrogen-bond acceptors (Lipinski definition) is 6. The van der Waals surface area contributed by atoms with Crippen LogP contribution in [0.5, 0.6) is 0 Å². The topological polar surface area (TPSA) is 107 Å². The van der Waals surface area contributed by atoms with Crippen LogP contribution in [0.1, 0.15) is 22.3 Å². The number of carbonyl (C=O) groups excluding carboxylic acids is 2. The maximum absolute atomic E-state index is 12.3. The summed E-state index contributed by atoms with van der Waals surface area (Å²) in [6.45, 7) is 3.29. The summed E-state index contributed by atoms with van der Waals surface area (Å²) in [6, 6.07) is 22.7. The first-order valence-electron chi connectivity index (χ1n) is 12.5. The summed E-state index contributed by atoms with van der Waals surface area (Å²) < 4.78 is 0. The van der Waals surface area contributed by atoms with Gasteiger partial charge in [-0.1, -0.05) is 24.3 Å². The Morgan fingerprint density at radius 1 is 0.605 bits per heavy atom. The summed E-state index contributed by atoms with van der Waals surface area (Å²) in [7, 11) is 0. The zero-order chi connectivity index (χ0) is 26.2. The fraction of sp³-hybridized carbons (Fsp3) is 0.133. The number of anilines is 2. The fourth-order valence-corrected chi connectivity index (χ4v) is 4.04. The molecule has 8 heteroatoms. The van der Waals surface area contributed by atoms with Crippen LogP contribution in [0.2, 0.25) is 0 Å². The normalized spacial score (nSPS) is 14.6. The molecular formula is C30H28N6O2. The Kier molecular flexibility index (Phi) is 7.69. The SMILES string of the molecule is O=C(C=Cc1ccc(/C=C/C(=O)Nc2ccc(C3=NCCN3)cc2)cc1)Nc1ccc(C2=NCCN2)cc1. The van der Waals surface area contributed by atoms with E-state index in [1.807, 2.05) is 72.8 Å². The third-order valence-electron chi connectivity index (χ3n) is 5.99. The lowest BCUT2D eigenvalue weighted by atomic mass is 10.1. The molecule has 0 aliphatic carbocycles. The summed E-state index contributed by atoms with van der Waals surface area (Å²) in [4.78, 5) is 33.4. The van der Waals surface area contributed by atoms with Crippen molar-refractivity contribution < 1.29 is 9.59 Å². The predicted molar refractivity (Wildman–Crippen MR) is 153 cm³/mol. The van der Waals surface area contributed by atoms with E-state index in [9.17, 15) is 9.59 Å². The summed E-state index contributed by atoms with van der Waals surface area (Å²) in [5, 5.41) is 12.2. The van der Waals surface area contributed by atoms with Gasteiger partial charge in [-0.3, -0.25) is 19.6 Å². The lowest BCUT2D eigenvalue weighted by Crippen LogP contribution is -2.19. The first kappa shape index (κ1) is 24.7. The molecular weight excluding hydrogens is 476 g/mol. The molecule has 0 aromatic heterocycles. The van der Waals surface area contributed by atoms with Crippen LogP contribution in [0.25, 0.3) is 12.2 Å². The summed E-state index contributed by atoms with van der Waals surface area (Å²) >= 11 is 0. The molecule has 0 fully saturated rings. The van der Waals surface area contributed by atoms with Crippen molar-refractivity contribution in [1.29, 1.82) is 0 Å². The highest BCUT2D eigenvalue weighted by Crippen LogP contribution is 2.14. The smallest absolute Gasteiger partial charge is 0.248 e. The largest absolute Gasteiger partial charge is 0.368 e. The Morgan fingerprint density at radius 2 is 1.00 bits per heavy atom. The molecule has 0 saturated carbocycles. The Labute approximate surface area is 221 Å². The quantitative estimate of drug-likeness (QED) is 0.351. The molecule has 2 amide bonds. The maximum atomic E-state index is 12.3. The average molecular weight is 505 g/mol. The first-order valence-corrected chi connectivity index (χ1v) is 12.5. The predicted octanol–water partition coefficient (Wildman–Crippen LogP) is 3.69. The average Bonchev–Trinajstić information content (AvgIpc) is 3.68. The molecule has 3 aromatic rings. The third-order valence-corrected chi connectivity index (χ3v) is 5.99. The lowest BCUT2D eigenvalue weighted by molar-refractivity contribution is -0.112. The van der Waals surface area contributed by atoms with Gasteiger partial charge in [0.25, 0.3) is 0 Å². The minimum atomic E-state index is -0.213. The molecule has 0 bridgehead atoms. The molecule has 8 nitrogen and oxygen atoms in total. The van der Waals surface area contributed by atoms with Crippen LogP contribution in [-0.2, 0) is 9.59 Å². The van der Waals surface area contributed by atoms with Crippen LogP contribution in [0, 0.1) is 0 Å². The van der Waals surface area contributed by atoms with E-state index >= 15 is 0 Å². The van der Waals surface area contributed by atoms with Crippen LogP contribution in [0.15, 0.2) is 94.9 Å². The van der Waals surface area contributed by atoms with Gasteiger partial charge in [-0.2, -0.15) is 0 Å². The van der Waals surface area contributed by atoms with Crippen molar-refractivity contribution in [3.05, 3.63) is 107 Å². The van der Waals surface area contributed by atoms with Crippen LogP contribution in [0.3, 0.4) is 0 Å².